The summed E-state index contributed by atoms with van der Waals surface area (Å²) in [7, 11) is 1.40. The molecule has 0 amide bonds. The van der Waals surface area contributed by atoms with Crippen LogP contribution in [0.1, 0.15) is 19.8 Å². The van der Waals surface area contributed by atoms with Crippen LogP contribution in [0, 0.1) is 5.92 Å². The highest BCUT2D eigenvalue weighted by molar-refractivity contribution is 5.74. The zero-order chi connectivity index (χ0) is 11.0. The molecule has 1 N–H and O–H groups in total. The van der Waals surface area contributed by atoms with Gasteiger partial charge in [-0.1, -0.05) is 0 Å². The lowest BCUT2D eigenvalue weighted by Crippen LogP contribution is -2.34. The smallest absolute Gasteiger partial charge is 0.310 e. The van der Waals surface area contributed by atoms with Crippen LogP contribution < -0.4 is 5.32 Å². The zero-order valence-corrected chi connectivity index (χ0v) is 8.86. The van der Waals surface area contributed by atoms with E-state index >= 15 is 0 Å². The van der Waals surface area contributed by atoms with Crippen molar-refractivity contribution in [3.05, 3.63) is 0 Å². The topological polar surface area (TPSA) is 64.6 Å². The summed E-state index contributed by atoms with van der Waals surface area (Å²) in [6.45, 7) is 1.41. The van der Waals surface area contributed by atoms with Crippen molar-refractivity contribution in [1.82, 2.24) is 5.32 Å². The molecule has 0 aromatic carbocycles. The van der Waals surface area contributed by atoms with Crippen LogP contribution in [0.3, 0.4) is 0 Å². The van der Waals surface area contributed by atoms with Gasteiger partial charge in [-0.15, -0.1) is 0 Å². The van der Waals surface area contributed by atoms with E-state index in [1.54, 1.807) is 0 Å². The Morgan fingerprint density at radius 1 is 1.27 bits per heavy atom. The summed E-state index contributed by atoms with van der Waals surface area (Å²) >= 11 is 0. The number of rotatable bonds is 2. The molecule has 0 saturated carbocycles. The highest BCUT2D eigenvalue weighted by Crippen LogP contribution is 2.35. The van der Waals surface area contributed by atoms with E-state index in [0.717, 1.165) is 0 Å². The van der Waals surface area contributed by atoms with Gasteiger partial charge in [0, 0.05) is 25.4 Å². The van der Waals surface area contributed by atoms with E-state index in [1.807, 2.05) is 0 Å². The number of carbonyl (C=O) groups is 2. The van der Waals surface area contributed by atoms with E-state index in [1.165, 1.54) is 14.0 Å². The first kappa shape index (κ1) is 10.4. The molecule has 5 nitrogen and oxygen atoms in total. The number of hydrogen-bond acceptors (Lipinski definition) is 5. The average molecular weight is 213 g/mol. The Morgan fingerprint density at radius 3 is 2.47 bits per heavy atom. The summed E-state index contributed by atoms with van der Waals surface area (Å²) < 4.78 is 9.87. The SMILES string of the molecule is COC(=O)C1CC2NC1CC2OC(C)=O. The van der Waals surface area contributed by atoms with Gasteiger partial charge in [-0.3, -0.25) is 9.59 Å². The highest BCUT2D eigenvalue weighted by atomic mass is 16.5. The van der Waals surface area contributed by atoms with Gasteiger partial charge in [-0.2, -0.15) is 0 Å². The Bertz CT molecular complexity index is 291. The molecule has 5 heteroatoms. The van der Waals surface area contributed by atoms with E-state index in [2.05, 4.69) is 5.32 Å². The Hall–Kier alpha value is -1.10. The molecule has 2 aliphatic heterocycles. The summed E-state index contributed by atoms with van der Waals surface area (Å²) in [5.74, 6) is -0.507. The van der Waals surface area contributed by atoms with E-state index in [4.69, 9.17) is 9.47 Å². The van der Waals surface area contributed by atoms with Crippen molar-refractivity contribution in [2.45, 2.75) is 38.0 Å². The number of esters is 2. The van der Waals surface area contributed by atoms with Crippen molar-refractivity contribution in [3.8, 4) is 0 Å². The number of methoxy groups -OCH3 is 1. The first-order valence-electron chi connectivity index (χ1n) is 5.13. The molecule has 0 spiro atoms. The lowest BCUT2D eigenvalue weighted by atomic mass is 9.87. The molecule has 0 aliphatic carbocycles. The van der Waals surface area contributed by atoms with Crippen LogP contribution in [0.5, 0.6) is 0 Å². The molecular formula is C10H15NO4. The quantitative estimate of drug-likeness (QED) is 0.646. The minimum absolute atomic E-state index is 0.0755. The highest BCUT2D eigenvalue weighted by Gasteiger charge is 2.50. The summed E-state index contributed by atoms with van der Waals surface area (Å²) in [6, 6.07) is 0.217. The average Bonchev–Trinajstić information content (AvgIpc) is 2.74. The first-order chi connectivity index (χ1) is 7.11. The minimum atomic E-state index is -0.260. The van der Waals surface area contributed by atoms with Crippen molar-refractivity contribution in [2.24, 2.45) is 5.92 Å². The predicted molar refractivity (Wildman–Crippen MR) is 51.0 cm³/mol. The second-order valence-corrected chi connectivity index (χ2v) is 4.13. The summed E-state index contributed by atoms with van der Waals surface area (Å²) in [6.07, 6.45) is 1.34. The van der Waals surface area contributed by atoms with Gasteiger partial charge in [-0.25, -0.2) is 0 Å². The van der Waals surface area contributed by atoms with Crippen LogP contribution in [0.2, 0.25) is 0 Å². The summed E-state index contributed by atoms with van der Waals surface area (Å²) in [4.78, 5) is 22.2. The third-order valence-electron chi connectivity index (χ3n) is 3.18. The maximum absolute atomic E-state index is 11.4. The normalized spacial score (nSPS) is 37.7. The van der Waals surface area contributed by atoms with E-state index in [-0.39, 0.29) is 36.0 Å². The molecule has 2 rings (SSSR count). The minimum Gasteiger partial charge on any atom is -0.469 e. The third-order valence-corrected chi connectivity index (χ3v) is 3.18. The number of hydrogen-bond donors (Lipinski definition) is 1. The Morgan fingerprint density at radius 2 is 2.00 bits per heavy atom. The van der Waals surface area contributed by atoms with E-state index in [9.17, 15) is 9.59 Å². The van der Waals surface area contributed by atoms with Gasteiger partial charge < -0.3 is 14.8 Å². The summed E-state index contributed by atoms with van der Waals surface area (Å²) in [5.41, 5.74) is 0. The lowest BCUT2D eigenvalue weighted by Gasteiger charge is -2.24. The van der Waals surface area contributed by atoms with Gasteiger partial charge >= 0.3 is 11.9 Å². The van der Waals surface area contributed by atoms with Crippen LogP contribution in [-0.2, 0) is 19.1 Å². The molecule has 2 fully saturated rings. The zero-order valence-electron chi connectivity index (χ0n) is 8.86. The third kappa shape index (κ3) is 1.84. The molecule has 84 valence electrons. The van der Waals surface area contributed by atoms with Crippen LogP contribution in [0.15, 0.2) is 0 Å². The van der Waals surface area contributed by atoms with Gasteiger partial charge in [0.25, 0.3) is 0 Å². The van der Waals surface area contributed by atoms with Crippen LogP contribution in [-0.4, -0.2) is 37.2 Å². The molecule has 2 bridgehead atoms. The Kier molecular flexibility index (Phi) is 2.65. The lowest BCUT2D eigenvalue weighted by molar-refractivity contribution is -0.149. The van der Waals surface area contributed by atoms with Crippen LogP contribution in [0.25, 0.3) is 0 Å². The van der Waals surface area contributed by atoms with Gasteiger partial charge in [0.05, 0.1) is 13.0 Å². The fraction of sp³-hybridized carbons (Fsp3) is 0.800. The largest absolute Gasteiger partial charge is 0.469 e. The van der Waals surface area contributed by atoms with Gasteiger partial charge in [-0.05, 0) is 6.42 Å². The van der Waals surface area contributed by atoms with Crippen LogP contribution in [0.4, 0.5) is 0 Å². The van der Waals surface area contributed by atoms with Crippen molar-refractivity contribution < 1.29 is 19.1 Å². The molecule has 0 aromatic rings. The molecule has 0 aromatic heterocycles. The molecule has 2 heterocycles. The standard InChI is InChI=1S/C10H15NO4/c1-5(12)15-9-4-7-6(10(13)14-2)3-8(9)11-7/h6-9,11H,3-4H2,1-2H3. The first-order valence-corrected chi connectivity index (χ1v) is 5.13. The summed E-state index contributed by atoms with van der Waals surface area (Å²) in [5, 5.41) is 3.27. The number of nitrogens with one attached hydrogen (secondary N) is 1. The molecule has 4 unspecified atom stereocenters. The molecule has 0 radical (unpaired) electrons. The van der Waals surface area contributed by atoms with Crippen molar-refractivity contribution in [2.75, 3.05) is 7.11 Å². The molecule has 15 heavy (non-hydrogen) atoms. The number of fused-ring (bicyclic) bond motifs is 2. The maximum atomic E-state index is 11.4. The van der Waals surface area contributed by atoms with Gasteiger partial charge in [0.2, 0.25) is 0 Å². The van der Waals surface area contributed by atoms with Crippen LogP contribution >= 0.6 is 0 Å². The number of carbonyl (C=O) groups excluding carboxylic acids is 2. The second-order valence-electron chi connectivity index (χ2n) is 4.13. The monoisotopic (exact) mass is 213 g/mol. The molecular weight excluding hydrogens is 198 g/mol. The molecule has 4 atom stereocenters. The van der Waals surface area contributed by atoms with Crippen molar-refractivity contribution in [3.63, 3.8) is 0 Å². The fourth-order valence-electron chi connectivity index (χ4n) is 2.56. The Balaban J connectivity index is 1.94. The van der Waals surface area contributed by atoms with E-state index < -0.39 is 0 Å². The Labute approximate surface area is 88.1 Å². The van der Waals surface area contributed by atoms with E-state index in [0.29, 0.717) is 12.8 Å². The van der Waals surface area contributed by atoms with Gasteiger partial charge in [0.1, 0.15) is 6.10 Å². The predicted octanol–water partition coefficient (Wildman–Crippen LogP) is -0.159. The number of ether oxygens (including phenoxy) is 2. The van der Waals surface area contributed by atoms with Crippen molar-refractivity contribution >= 4 is 11.9 Å². The fourth-order valence-corrected chi connectivity index (χ4v) is 2.56. The van der Waals surface area contributed by atoms with Crippen molar-refractivity contribution in [1.29, 1.82) is 0 Å². The van der Waals surface area contributed by atoms with Gasteiger partial charge in [0.15, 0.2) is 0 Å². The maximum Gasteiger partial charge on any atom is 0.310 e. The molecule has 2 aliphatic rings. The second kappa shape index (κ2) is 3.81. The molecule has 2 saturated heterocycles.